The molecule has 4 atom stereocenters. The molecule has 2 amide bonds. The lowest BCUT2D eigenvalue weighted by Crippen LogP contribution is -2.57. The number of benzene rings is 2. The minimum atomic E-state index is -1.49. The van der Waals surface area contributed by atoms with Crippen molar-refractivity contribution >= 4 is 51.0 Å². The summed E-state index contributed by atoms with van der Waals surface area (Å²) in [5.41, 5.74) is -0.105. The Morgan fingerprint density at radius 1 is 1.31 bits per heavy atom. The Balaban J connectivity index is 1.76. The minimum absolute atomic E-state index is 0.164. The van der Waals surface area contributed by atoms with Crippen LogP contribution in [0.4, 0.5) is 5.69 Å². The summed E-state index contributed by atoms with van der Waals surface area (Å²) in [6.45, 7) is 3.69. The summed E-state index contributed by atoms with van der Waals surface area (Å²) in [6.07, 6.45) is 0. The van der Waals surface area contributed by atoms with E-state index in [1.807, 2.05) is 18.2 Å². The van der Waals surface area contributed by atoms with E-state index in [0.29, 0.717) is 22.0 Å². The van der Waals surface area contributed by atoms with Gasteiger partial charge in [-0.3, -0.25) is 14.4 Å². The number of anilines is 1. The average molecular weight is 520 g/mol. The van der Waals surface area contributed by atoms with Crippen LogP contribution in [0.25, 0.3) is 0 Å². The first-order valence-electron chi connectivity index (χ1n) is 10.3. The van der Waals surface area contributed by atoms with Crippen LogP contribution < -0.4 is 10.1 Å². The van der Waals surface area contributed by atoms with Gasteiger partial charge < -0.3 is 19.7 Å². The molecule has 3 heterocycles. The summed E-state index contributed by atoms with van der Waals surface area (Å²) in [5, 5.41) is 3.23. The molecule has 1 fully saturated rings. The van der Waals surface area contributed by atoms with Crippen molar-refractivity contribution < 1.29 is 23.9 Å². The lowest BCUT2D eigenvalue weighted by atomic mass is 9.77. The first kappa shape index (κ1) is 21.3. The highest BCUT2D eigenvalue weighted by atomic mass is 79.9. The molecule has 3 aliphatic heterocycles. The molecule has 3 aliphatic rings. The van der Waals surface area contributed by atoms with E-state index in [0.717, 1.165) is 10.0 Å². The molecule has 1 saturated heterocycles. The maximum Gasteiger partial charge on any atom is 0.312 e. The summed E-state index contributed by atoms with van der Waals surface area (Å²) in [4.78, 5) is 42.4. The highest BCUT2D eigenvalue weighted by Gasteiger charge is 2.67. The van der Waals surface area contributed by atoms with Gasteiger partial charge in [0.15, 0.2) is 0 Å². The van der Waals surface area contributed by atoms with Crippen molar-refractivity contribution in [3.05, 3.63) is 57.0 Å². The van der Waals surface area contributed by atoms with Crippen LogP contribution in [-0.4, -0.2) is 41.4 Å². The number of rotatable bonds is 2. The van der Waals surface area contributed by atoms with Crippen molar-refractivity contribution in [2.75, 3.05) is 18.5 Å². The highest BCUT2D eigenvalue weighted by Crippen LogP contribution is 2.57. The molecule has 9 heteroatoms. The van der Waals surface area contributed by atoms with Gasteiger partial charge in [-0.1, -0.05) is 27.5 Å². The van der Waals surface area contributed by atoms with Gasteiger partial charge in [0, 0.05) is 21.0 Å². The number of ether oxygens (including phenoxy) is 2. The van der Waals surface area contributed by atoms with Gasteiger partial charge in [0.05, 0.1) is 36.4 Å². The van der Waals surface area contributed by atoms with E-state index < -0.39 is 35.3 Å². The van der Waals surface area contributed by atoms with Gasteiger partial charge in [-0.2, -0.15) is 0 Å². The van der Waals surface area contributed by atoms with Gasteiger partial charge in [-0.25, -0.2) is 0 Å². The van der Waals surface area contributed by atoms with Gasteiger partial charge >= 0.3 is 5.97 Å². The molecule has 0 aliphatic carbocycles. The molecule has 2 aromatic rings. The summed E-state index contributed by atoms with van der Waals surface area (Å²) in [6, 6.07) is 9.75. The third kappa shape index (κ3) is 2.89. The lowest BCUT2D eigenvalue weighted by molar-refractivity contribution is -0.155. The van der Waals surface area contributed by atoms with Crippen molar-refractivity contribution in [3.63, 3.8) is 0 Å². The number of carbonyl (C=O) groups is 3. The quantitative estimate of drug-likeness (QED) is 0.601. The van der Waals surface area contributed by atoms with E-state index in [-0.39, 0.29) is 19.1 Å². The smallest absolute Gasteiger partial charge is 0.312 e. The number of carbonyl (C=O) groups excluding carboxylic acids is 3. The summed E-state index contributed by atoms with van der Waals surface area (Å²) < 4.78 is 12.2. The van der Waals surface area contributed by atoms with Crippen LogP contribution in [0.15, 0.2) is 40.9 Å². The fourth-order valence-electron chi connectivity index (χ4n) is 5.26. The predicted octanol–water partition coefficient (Wildman–Crippen LogP) is 4.20. The maximum atomic E-state index is 13.9. The molecule has 0 unspecified atom stereocenters. The second-order valence-electron chi connectivity index (χ2n) is 8.30. The number of hydrogen-bond acceptors (Lipinski definition) is 5. The zero-order valence-electron chi connectivity index (χ0n) is 17.4. The van der Waals surface area contributed by atoms with Crippen LogP contribution in [0.1, 0.15) is 35.8 Å². The van der Waals surface area contributed by atoms with Gasteiger partial charge in [-0.05, 0) is 50.2 Å². The van der Waals surface area contributed by atoms with Crippen molar-refractivity contribution in [2.24, 2.45) is 11.8 Å². The van der Waals surface area contributed by atoms with Crippen molar-refractivity contribution in [2.45, 2.75) is 25.4 Å². The largest absolute Gasteiger partial charge is 0.493 e. The topological polar surface area (TPSA) is 84.9 Å². The molecule has 1 N–H and O–H groups in total. The van der Waals surface area contributed by atoms with Crippen molar-refractivity contribution in [1.82, 2.24) is 4.90 Å². The molecule has 0 spiro atoms. The van der Waals surface area contributed by atoms with E-state index in [4.69, 9.17) is 21.1 Å². The molecule has 0 aromatic heterocycles. The maximum absolute atomic E-state index is 13.9. The predicted molar refractivity (Wildman–Crippen MR) is 121 cm³/mol. The first-order valence-corrected chi connectivity index (χ1v) is 11.5. The Bertz CT molecular complexity index is 1170. The van der Waals surface area contributed by atoms with E-state index in [1.165, 1.54) is 0 Å². The van der Waals surface area contributed by atoms with Gasteiger partial charge in [0.2, 0.25) is 0 Å². The van der Waals surface area contributed by atoms with Gasteiger partial charge in [0.1, 0.15) is 11.3 Å². The molecule has 166 valence electrons. The van der Waals surface area contributed by atoms with Crippen molar-refractivity contribution in [1.29, 1.82) is 0 Å². The van der Waals surface area contributed by atoms with Crippen LogP contribution in [0.3, 0.4) is 0 Å². The Labute approximate surface area is 198 Å². The standard InChI is InChI=1S/C23H20BrClN2O5/c1-3-31-21(29)18-15-10-32-17-7-4-11(24)8-14(17)19(15)27-20(28)13-6-5-12(25)9-16(13)26-22(30)23(18,27)2/h4-9,15,18-19H,3,10H2,1-2H3,(H,26,30)/t15-,18-,19+,23-/m1/s1. The third-order valence-electron chi connectivity index (χ3n) is 6.62. The monoisotopic (exact) mass is 518 g/mol. The molecule has 2 aromatic carbocycles. The summed E-state index contributed by atoms with van der Waals surface area (Å²) in [7, 11) is 0. The fourth-order valence-corrected chi connectivity index (χ4v) is 5.81. The molecular formula is C23H20BrClN2O5. The molecule has 5 rings (SSSR count). The first-order chi connectivity index (χ1) is 15.3. The van der Waals surface area contributed by atoms with Crippen LogP contribution in [0, 0.1) is 11.8 Å². The van der Waals surface area contributed by atoms with Crippen LogP contribution >= 0.6 is 27.5 Å². The van der Waals surface area contributed by atoms with E-state index in [1.54, 1.807) is 36.9 Å². The van der Waals surface area contributed by atoms with Crippen LogP contribution in [0.2, 0.25) is 5.02 Å². The lowest BCUT2D eigenvalue weighted by Gasteiger charge is -2.38. The van der Waals surface area contributed by atoms with Crippen molar-refractivity contribution in [3.8, 4) is 5.75 Å². The van der Waals surface area contributed by atoms with E-state index in [9.17, 15) is 14.4 Å². The molecule has 7 nitrogen and oxygen atoms in total. The summed E-state index contributed by atoms with van der Waals surface area (Å²) in [5.74, 6) is -2.09. The van der Waals surface area contributed by atoms with E-state index in [2.05, 4.69) is 21.2 Å². The number of nitrogens with zero attached hydrogens (tertiary/aromatic N) is 1. The number of hydrogen-bond donors (Lipinski definition) is 1. The zero-order valence-corrected chi connectivity index (χ0v) is 19.7. The number of esters is 1. The normalized spacial score (nSPS) is 27.9. The molecular weight excluding hydrogens is 500 g/mol. The zero-order chi connectivity index (χ0) is 22.8. The molecule has 0 bridgehead atoms. The highest BCUT2D eigenvalue weighted by molar-refractivity contribution is 9.10. The second-order valence-corrected chi connectivity index (χ2v) is 9.65. The second kappa shape index (κ2) is 7.49. The molecule has 32 heavy (non-hydrogen) atoms. The SMILES string of the molecule is CCOC(=O)[C@H]1[C@H]2COc3ccc(Br)cc3[C@@H]2N2C(=O)c3ccc(Cl)cc3NC(=O)[C@@]12C. The van der Waals surface area contributed by atoms with Gasteiger partial charge in [0.25, 0.3) is 11.8 Å². The van der Waals surface area contributed by atoms with Gasteiger partial charge in [-0.15, -0.1) is 0 Å². The summed E-state index contributed by atoms with van der Waals surface area (Å²) >= 11 is 9.61. The Kier molecular flexibility index (Phi) is 4.98. The Morgan fingerprint density at radius 3 is 2.84 bits per heavy atom. The Hall–Kier alpha value is -2.58. The number of halogens is 2. The molecule has 0 saturated carbocycles. The fraction of sp³-hybridized carbons (Fsp3) is 0.348. The van der Waals surface area contributed by atoms with Crippen LogP contribution in [0.5, 0.6) is 5.75 Å². The number of amides is 2. The number of fused-ring (bicyclic) bond motifs is 6. The molecule has 0 radical (unpaired) electrons. The third-order valence-corrected chi connectivity index (χ3v) is 7.35. The minimum Gasteiger partial charge on any atom is -0.493 e. The number of nitrogens with one attached hydrogen (secondary N) is 1. The average Bonchev–Trinajstić information content (AvgIpc) is 2.99. The van der Waals surface area contributed by atoms with E-state index >= 15 is 0 Å². The van der Waals surface area contributed by atoms with Crippen LogP contribution in [-0.2, 0) is 14.3 Å². The Morgan fingerprint density at radius 2 is 2.09 bits per heavy atom.